The van der Waals surface area contributed by atoms with Gasteiger partial charge in [-0.05, 0) is 30.0 Å². The molecule has 0 atom stereocenters. The molecule has 0 fully saturated rings. The zero-order valence-electron chi connectivity index (χ0n) is 24.0. The van der Waals surface area contributed by atoms with Crippen molar-refractivity contribution in [2.24, 2.45) is 0 Å². The molecule has 0 N–H and O–H groups in total. The molecule has 9 heteroatoms. The Morgan fingerprint density at radius 2 is 1.36 bits per heavy atom. The fourth-order valence-corrected chi connectivity index (χ4v) is 5.89. The van der Waals surface area contributed by atoms with Gasteiger partial charge in [-0.1, -0.05) is 110 Å². The van der Waals surface area contributed by atoms with E-state index >= 15 is 0 Å². The van der Waals surface area contributed by atoms with E-state index in [-0.39, 0.29) is 58.2 Å². The van der Waals surface area contributed by atoms with Crippen molar-refractivity contribution in [1.29, 1.82) is 0 Å². The maximum absolute atomic E-state index is 13.5. The zero-order valence-corrected chi connectivity index (χ0v) is 26.7. The quantitative estimate of drug-likeness (QED) is 0.139. The fraction of sp³-hybridized carbons (Fsp3) is 0.242. The number of benzene rings is 3. The first-order chi connectivity index (χ1) is 20.1. The summed E-state index contributed by atoms with van der Waals surface area (Å²) in [4.78, 5) is 35.3. The number of hydrogen-bond donors (Lipinski definition) is 0. The molecule has 42 heavy (non-hydrogen) atoms. The Balaban J connectivity index is 0.00000353. The largest absolute Gasteiger partial charge is 1.00 e. The number of para-hydroxylation sites is 1. The molecule has 0 aliphatic heterocycles. The normalized spacial score (nSPS) is 11.3. The average molecular weight is 588 g/mol. The molecule has 0 saturated carbocycles. The molecule has 0 saturated heterocycles. The van der Waals surface area contributed by atoms with E-state index in [2.05, 4.69) is 76.1 Å². The van der Waals surface area contributed by atoms with Crippen LogP contribution >= 0.6 is 11.6 Å². The molecule has 0 aliphatic rings. The second-order valence-corrected chi connectivity index (χ2v) is 10.6. The van der Waals surface area contributed by atoms with Crippen LogP contribution in [0.1, 0.15) is 32.6 Å². The molecule has 6 aromatic rings. The van der Waals surface area contributed by atoms with Gasteiger partial charge in [-0.3, -0.25) is 13.9 Å². The van der Waals surface area contributed by atoms with Crippen LogP contribution in [0, 0.1) is 0 Å². The Bertz CT molecular complexity index is 1940. The van der Waals surface area contributed by atoms with Gasteiger partial charge in [-0.2, -0.15) is 0 Å². The molecule has 0 spiro atoms. The Morgan fingerprint density at radius 3 is 2.07 bits per heavy atom. The second kappa shape index (κ2) is 13.3. The van der Waals surface area contributed by atoms with Gasteiger partial charge in [0, 0.05) is 52.5 Å². The topological polar surface area (TPSA) is 75.9 Å². The first-order valence-corrected chi connectivity index (χ1v) is 14.5. The predicted octanol–water partition coefficient (Wildman–Crippen LogP) is 3.74. The van der Waals surface area contributed by atoms with Crippen LogP contribution in [0.25, 0.3) is 44.5 Å². The van der Waals surface area contributed by atoms with Crippen molar-refractivity contribution in [3.05, 3.63) is 111 Å². The Hall–Kier alpha value is -3.36. The number of unbranched alkanes of at least 4 members (excludes halogenated alkanes) is 2. The summed E-state index contributed by atoms with van der Waals surface area (Å²) in [5.74, 6) is 0. The van der Waals surface area contributed by atoms with E-state index in [1.165, 1.54) is 10.1 Å². The van der Waals surface area contributed by atoms with Crippen molar-refractivity contribution in [1.82, 2.24) is 23.7 Å². The van der Waals surface area contributed by atoms with Gasteiger partial charge in [-0.25, -0.2) is 4.79 Å². The number of aryl methyl sites for hydroxylation is 2. The molecular weight excluding hydrogens is 557 g/mol. The number of imidazole rings is 1. The van der Waals surface area contributed by atoms with Crippen LogP contribution in [0.15, 0.2) is 94.5 Å². The molecule has 3 aromatic heterocycles. The molecule has 0 radical (unpaired) electrons. The van der Waals surface area contributed by atoms with E-state index in [0.717, 1.165) is 47.0 Å². The minimum absolute atomic E-state index is 0. The third-order valence-electron chi connectivity index (χ3n) is 7.61. The summed E-state index contributed by atoms with van der Waals surface area (Å²) in [7, 11) is 0. The first kappa shape index (κ1) is 30.1. The Kier molecular flexibility index (Phi) is 9.53. The minimum atomic E-state index is -0.443. The van der Waals surface area contributed by atoms with Gasteiger partial charge in [0.25, 0.3) is 5.56 Å². The summed E-state index contributed by atoms with van der Waals surface area (Å²) >= 11 is 6.07. The molecule has 0 unspecified atom stereocenters. The summed E-state index contributed by atoms with van der Waals surface area (Å²) < 4.78 is 5.17. The fourth-order valence-electron chi connectivity index (χ4n) is 5.72. The smallest absolute Gasteiger partial charge is 0.420 e. The molecule has 3 aromatic carbocycles. The Labute approximate surface area is 271 Å². The molecule has 7 nitrogen and oxygen atoms in total. The number of nitrogens with zero attached hydrogens (tertiary/aromatic N) is 5. The number of halogens is 1. The van der Waals surface area contributed by atoms with Crippen molar-refractivity contribution in [3.63, 3.8) is 0 Å². The van der Waals surface area contributed by atoms with Crippen LogP contribution in [-0.4, -0.2) is 18.7 Å². The van der Waals surface area contributed by atoms with Crippen LogP contribution in [0.4, 0.5) is 0 Å². The van der Waals surface area contributed by atoms with E-state index in [9.17, 15) is 9.59 Å². The van der Waals surface area contributed by atoms with Crippen molar-refractivity contribution in [3.8, 4) is 22.4 Å². The average Bonchev–Trinajstić information content (AvgIpc) is 3.55. The van der Waals surface area contributed by atoms with Crippen LogP contribution < -0.4 is 45.8 Å². The Morgan fingerprint density at radius 1 is 0.738 bits per heavy atom. The third kappa shape index (κ3) is 5.66. The van der Waals surface area contributed by atoms with Gasteiger partial charge >= 0.3 is 35.2 Å². The van der Waals surface area contributed by atoms with E-state index in [4.69, 9.17) is 11.6 Å². The maximum atomic E-state index is 13.5. The predicted molar refractivity (Wildman–Crippen MR) is 166 cm³/mol. The van der Waals surface area contributed by atoms with Gasteiger partial charge in [0.1, 0.15) is 0 Å². The molecule has 208 valence electrons. The zero-order chi connectivity index (χ0) is 28.3. The number of fused-ring (bicyclic) bond motifs is 2. The monoisotopic (exact) mass is 587 g/mol. The summed E-state index contributed by atoms with van der Waals surface area (Å²) in [5, 5.41) is 1.15. The van der Waals surface area contributed by atoms with Crippen molar-refractivity contribution < 1.29 is 29.6 Å². The summed E-state index contributed by atoms with van der Waals surface area (Å²) in [5.41, 5.74) is 5.27. The van der Waals surface area contributed by atoms with E-state index in [1.54, 1.807) is 4.57 Å². The van der Waals surface area contributed by atoms with Gasteiger partial charge in [0.2, 0.25) is 0 Å². The molecule has 0 aliphatic carbocycles. The standard InChI is InChI=1S/C33H32ClN5O2.Na/c1-2-3-12-20-38-30-28(35-32(34)36-30)31(40)39(33(38)41)22-13-21-37-26-19-11-10-18-25(26)27(23-14-6-4-7-15-23)29(37)24-16-8-5-9-17-24;/h4-11,14-19H,2-3,12-13,20-22H2,1H3,(H,35,36,40);/q;+1/p-1. The molecule has 6 rings (SSSR count). The second-order valence-electron chi connectivity index (χ2n) is 10.2. The summed E-state index contributed by atoms with van der Waals surface area (Å²) in [6.07, 6.45) is 3.38. The van der Waals surface area contributed by atoms with Crippen LogP contribution in [0.3, 0.4) is 0 Å². The van der Waals surface area contributed by atoms with E-state index in [0.29, 0.717) is 19.5 Å². The van der Waals surface area contributed by atoms with Crippen LogP contribution in [-0.2, 0) is 19.6 Å². The third-order valence-corrected chi connectivity index (χ3v) is 7.78. The first-order valence-electron chi connectivity index (χ1n) is 14.1. The number of rotatable bonds is 10. The SMILES string of the molecule is CCCCCn1c(=O)n(CCCn2c(-c3ccccc3)c(-c3ccccc3)c3ccccc32)c(=O)c2[n-]c(Cl)nc21.[Na+]. The van der Waals surface area contributed by atoms with Crippen molar-refractivity contribution in [2.75, 3.05) is 0 Å². The van der Waals surface area contributed by atoms with E-state index in [1.807, 2.05) is 30.3 Å². The van der Waals surface area contributed by atoms with Gasteiger partial charge in [0.05, 0.1) is 5.69 Å². The van der Waals surface area contributed by atoms with Gasteiger partial charge < -0.3 is 14.5 Å². The van der Waals surface area contributed by atoms with Crippen LogP contribution in [0.2, 0.25) is 5.28 Å². The van der Waals surface area contributed by atoms with Gasteiger partial charge in [0.15, 0.2) is 0 Å². The van der Waals surface area contributed by atoms with Crippen LogP contribution in [0.5, 0.6) is 0 Å². The molecule has 0 amide bonds. The maximum Gasteiger partial charge on any atom is 1.00 e. The molecule has 0 bridgehead atoms. The number of aromatic nitrogens is 5. The van der Waals surface area contributed by atoms with E-state index < -0.39 is 5.56 Å². The van der Waals surface area contributed by atoms with Crippen molar-refractivity contribution >= 4 is 33.7 Å². The molecular formula is C33H31ClN5NaO2. The summed E-state index contributed by atoms with van der Waals surface area (Å²) in [6, 6.07) is 29.2. The molecule has 3 heterocycles. The summed E-state index contributed by atoms with van der Waals surface area (Å²) in [6.45, 7) is 3.45. The van der Waals surface area contributed by atoms with Gasteiger partial charge in [-0.15, -0.1) is 0 Å². The minimum Gasteiger partial charge on any atom is -0.420 e. The number of hydrogen-bond acceptors (Lipinski definition) is 3. The van der Waals surface area contributed by atoms with Crippen molar-refractivity contribution in [2.45, 2.75) is 52.2 Å².